The van der Waals surface area contributed by atoms with E-state index in [1.54, 1.807) is 0 Å². The number of benzene rings is 4. The number of esters is 2. The molecule has 0 heterocycles. The minimum absolute atomic E-state index is 0.279. The molecule has 0 bridgehead atoms. The summed E-state index contributed by atoms with van der Waals surface area (Å²) in [4.78, 5) is 31.2. The fraction of sp³-hybridized carbons (Fsp3) is 0.176. The van der Waals surface area contributed by atoms with Gasteiger partial charge < -0.3 is 19.3 Å². The zero-order valence-corrected chi connectivity index (χ0v) is 22.6. The van der Waals surface area contributed by atoms with Gasteiger partial charge in [0.25, 0.3) is 0 Å². The molecule has 4 aromatic rings. The molecule has 0 saturated carbocycles. The van der Waals surface area contributed by atoms with E-state index in [9.17, 15) is 9.59 Å². The average Bonchev–Trinajstić information content (AvgIpc) is 3.03. The van der Waals surface area contributed by atoms with Crippen LogP contribution in [0.25, 0.3) is 0 Å². The molecule has 40 heavy (non-hydrogen) atoms. The SMILES string of the molecule is COC(=O)C1=C(N(c2ccccc2)c2ccccc2)CC(C(=O)OC)C(N(c2ccccc2)c2ccccc2)C1. The van der Waals surface area contributed by atoms with E-state index in [0.717, 1.165) is 28.4 Å². The number of nitrogens with zero attached hydrogens (tertiary/aromatic N) is 2. The predicted molar refractivity (Wildman–Crippen MR) is 158 cm³/mol. The Balaban J connectivity index is 1.72. The molecule has 4 aromatic carbocycles. The van der Waals surface area contributed by atoms with Crippen LogP contribution in [0, 0.1) is 5.92 Å². The number of para-hydroxylation sites is 4. The third kappa shape index (κ3) is 5.47. The highest BCUT2D eigenvalue weighted by Crippen LogP contribution is 2.44. The van der Waals surface area contributed by atoms with Crippen LogP contribution in [0.5, 0.6) is 0 Å². The zero-order chi connectivity index (χ0) is 27.9. The van der Waals surface area contributed by atoms with Crippen molar-refractivity contribution in [3.8, 4) is 0 Å². The lowest BCUT2D eigenvalue weighted by Gasteiger charge is -2.43. The smallest absolute Gasteiger partial charge is 0.335 e. The third-order valence-electron chi connectivity index (χ3n) is 7.27. The summed E-state index contributed by atoms with van der Waals surface area (Å²) >= 11 is 0. The first-order valence-corrected chi connectivity index (χ1v) is 13.3. The van der Waals surface area contributed by atoms with Crippen LogP contribution < -0.4 is 9.80 Å². The number of anilines is 4. The van der Waals surface area contributed by atoms with Crippen LogP contribution in [0.4, 0.5) is 22.7 Å². The Labute approximate surface area is 235 Å². The summed E-state index contributed by atoms with van der Waals surface area (Å²) in [6, 6.07) is 39.2. The second-order valence-electron chi connectivity index (χ2n) is 9.57. The maximum atomic E-state index is 13.5. The molecule has 0 aromatic heterocycles. The van der Waals surface area contributed by atoms with Crippen LogP contribution in [-0.2, 0) is 19.1 Å². The Bertz CT molecular complexity index is 1380. The Morgan fingerprint density at radius 1 is 0.600 bits per heavy atom. The molecule has 202 valence electrons. The van der Waals surface area contributed by atoms with Crippen LogP contribution in [0.15, 0.2) is 133 Å². The Hall–Kier alpha value is -4.84. The number of allylic oxidation sites excluding steroid dienone is 1. The summed E-state index contributed by atoms with van der Waals surface area (Å²) in [6.07, 6.45) is 0.559. The van der Waals surface area contributed by atoms with Gasteiger partial charge in [-0.1, -0.05) is 72.8 Å². The fourth-order valence-electron chi connectivity index (χ4n) is 5.47. The van der Waals surface area contributed by atoms with Gasteiger partial charge in [-0.25, -0.2) is 4.79 Å². The highest BCUT2D eigenvalue weighted by atomic mass is 16.5. The van der Waals surface area contributed by atoms with Gasteiger partial charge in [-0.3, -0.25) is 4.79 Å². The molecular weight excluding hydrogens is 500 g/mol. The lowest BCUT2D eigenvalue weighted by Crippen LogP contribution is -2.46. The summed E-state index contributed by atoms with van der Waals surface area (Å²) in [5.74, 6) is -1.31. The van der Waals surface area contributed by atoms with E-state index in [4.69, 9.17) is 9.47 Å². The maximum absolute atomic E-state index is 13.5. The van der Waals surface area contributed by atoms with E-state index in [1.807, 2.05) is 126 Å². The van der Waals surface area contributed by atoms with Crippen molar-refractivity contribution in [3.05, 3.63) is 133 Å². The molecule has 6 heteroatoms. The standard InChI is InChI=1S/C34H32N2O4/c1-39-33(37)29-23-32(36(27-19-11-5-12-20-27)28-21-13-6-14-22-28)30(34(38)40-2)24-31(29)35(25-15-7-3-8-16-25)26-17-9-4-10-18-26/h3-22,29,31H,23-24H2,1-2H3. The molecule has 5 rings (SSSR count). The lowest BCUT2D eigenvalue weighted by molar-refractivity contribution is -0.147. The molecule has 6 nitrogen and oxygen atoms in total. The lowest BCUT2D eigenvalue weighted by atomic mass is 9.80. The van der Waals surface area contributed by atoms with Gasteiger partial charge in [0.05, 0.1) is 31.8 Å². The fourth-order valence-corrected chi connectivity index (χ4v) is 5.47. The molecule has 0 radical (unpaired) electrons. The molecule has 0 saturated heterocycles. The average molecular weight is 533 g/mol. The van der Waals surface area contributed by atoms with Crippen LogP contribution in [0.3, 0.4) is 0 Å². The van der Waals surface area contributed by atoms with Gasteiger partial charge in [0.15, 0.2) is 0 Å². The normalized spacial score (nSPS) is 16.6. The number of methoxy groups -OCH3 is 2. The first kappa shape index (κ1) is 26.8. The van der Waals surface area contributed by atoms with E-state index >= 15 is 0 Å². The highest BCUT2D eigenvalue weighted by molar-refractivity contribution is 5.93. The second kappa shape index (κ2) is 12.3. The predicted octanol–water partition coefficient (Wildman–Crippen LogP) is 7.04. The van der Waals surface area contributed by atoms with Gasteiger partial charge in [-0.05, 0) is 48.5 Å². The highest BCUT2D eigenvalue weighted by Gasteiger charge is 2.43. The van der Waals surface area contributed by atoms with Crippen molar-refractivity contribution in [2.75, 3.05) is 24.0 Å². The number of carbonyl (C=O) groups excluding carboxylic acids is 2. The van der Waals surface area contributed by atoms with Gasteiger partial charge in [0.1, 0.15) is 0 Å². The molecule has 0 amide bonds. The van der Waals surface area contributed by atoms with Gasteiger partial charge in [0, 0.05) is 41.3 Å². The quantitative estimate of drug-likeness (QED) is 0.227. The number of hydrogen-bond donors (Lipinski definition) is 0. The van der Waals surface area contributed by atoms with Gasteiger partial charge in [-0.15, -0.1) is 0 Å². The maximum Gasteiger partial charge on any atom is 0.335 e. The topological polar surface area (TPSA) is 59.1 Å². The zero-order valence-electron chi connectivity index (χ0n) is 22.6. The Morgan fingerprint density at radius 2 is 1.02 bits per heavy atom. The molecule has 0 fully saturated rings. The van der Waals surface area contributed by atoms with Crippen LogP contribution in [0.2, 0.25) is 0 Å². The Kier molecular flexibility index (Phi) is 8.26. The molecule has 0 spiro atoms. The number of ether oxygens (including phenoxy) is 2. The van der Waals surface area contributed by atoms with Crippen molar-refractivity contribution >= 4 is 34.7 Å². The van der Waals surface area contributed by atoms with Crippen LogP contribution >= 0.6 is 0 Å². The molecule has 1 aliphatic carbocycles. The monoisotopic (exact) mass is 532 g/mol. The van der Waals surface area contributed by atoms with Crippen molar-refractivity contribution in [2.24, 2.45) is 5.92 Å². The minimum atomic E-state index is -0.566. The number of hydrogen-bond acceptors (Lipinski definition) is 6. The largest absolute Gasteiger partial charge is 0.469 e. The summed E-state index contributed by atoms with van der Waals surface area (Å²) in [7, 11) is 2.82. The molecule has 2 atom stereocenters. The van der Waals surface area contributed by atoms with Crippen LogP contribution in [-0.4, -0.2) is 32.2 Å². The van der Waals surface area contributed by atoms with Crippen molar-refractivity contribution in [1.29, 1.82) is 0 Å². The molecular formula is C34H32N2O4. The van der Waals surface area contributed by atoms with E-state index in [1.165, 1.54) is 14.2 Å². The second-order valence-corrected chi connectivity index (χ2v) is 9.57. The first-order chi connectivity index (χ1) is 19.6. The van der Waals surface area contributed by atoms with Crippen LogP contribution in [0.1, 0.15) is 12.8 Å². The first-order valence-electron chi connectivity index (χ1n) is 13.3. The molecule has 0 aliphatic heterocycles. The van der Waals surface area contributed by atoms with Crippen molar-refractivity contribution in [2.45, 2.75) is 18.9 Å². The number of carbonyl (C=O) groups is 2. The van der Waals surface area contributed by atoms with E-state index < -0.39 is 17.9 Å². The summed E-state index contributed by atoms with van der Waals surface area (Å²) in [5, 5.41) is 0. The van der Waals surface area contributed by atoms with Crippen molar-refractivity contribution < 1.29 is 19.1 Å². The summed E-state index contributed by atoms with van der Waals surface area (Å²) < 4.78 is 10.7. The van der Waals surface area contributed by atoms with E-state index in [2.05, 4.69) is 4.90 Å². The molecule has 1 aliphatic rings. The Morgan fingerprint density at radius 3 is 1.43 bits per heavy atom. The van der Waals surface area contributed by atoms with Crippen molar-refractivity contribution in [1.82, 2.24) is 0 Å². The molecule has 0 N–H and O–H groups in total. The number of rotatable bonds is 8. The van der Waals surface area contributed by atoms with Crippen molar-refractivity contribution in [3.63, 3.8) is 0 Å². The summed E-state index contributed by atoms with van der Waals surface area (Å²) in [6.45, 7) is 0. The molecule has 2 unspecified atom stereocenters. The van der Waals surface area contributed by atoms with Gasteiger partial charge in [-0.2, -0.15) is 0 Å². The van der Waals surface area contributed by atoms with E-state index in [-0.39, 0.29) is 18.8 Å². The van der Waals surface area contributed by atoms with Gasteiger partial charge >= 0.3 is 11.9 Å². The van der Waals surface area contributed by atoms with Gasteiger partial charge in [0.2, 0.25) is 0 Å². The van der Waals surface area contributed by atoms with E-state index in [0.29, 0.717) is 5.57 Å². The third-order valence-corrected chi connectivity index (χ3v) is 7.27. The summed E-state index contributed by atoms with van der Waals surface area (Å²) in [5.41, 5.74) is 4.85. The minimum Gasteiger partial charge on any atom is -0.469 e.